The van der Waals surface area contributed by atoms with Crippen molar-refractivity contribution in [1.82, 2.24) is 39.9 Å². The molecule has 7 aromatic rings. The van der Waals surface area contributed by atoms with Crippen molar-refractivity contribution in [3.63, 3.8) is 0 Å². The van der Waals surface area contributed by atoms with Crippen LogP contribution in [0.15, 0.2) is 97.1 Å². The molecule has 0 unspecified atom stereocenters. The van der Waals surface area contributed by atoms with Crippen molar-refractivity contribution in [3.05, 3.63) is 97.1 Å². The SMILES string of the molecule is O=[S](=O)(O)[Rh]([S](=O)(=O)O)([S](=O)(=O)O)[S](=O)(=O)O.c1ccc2c(c1)-c1nc-2nc2[nH]c(nc3nc(nc4[nH]c(n1)c1ccccc41)-c1ccccc1-3)c1ccccc21. The Morgan fingerprint density at radius 3 is 0.754 bits per heavy atom. The molecule has 0 spiro atoms. The van der Waals surface area contributed by atoms with E-state index in [-0.39, 0.29) is 0 Å². The first-order chi connectivity index (χ1) is 26.8. The van der Waals surface area contributed by atoms with Gasteiger partial charge in [0.1, 0.15) is 22.6 Å². The van der Waals surface area contributed by atoms with Crippen LogP contribution in [0.1, 0.15) is 0 Å². The Morgan fingerprint density at radius 1 is 0.351 bits per heavy atom. The zero-order chi connectivity index (χ0) is 40.7. The maximum absolute atomic E-state index is 10.6. The number of aromatic amines is 2. The summed E-state index contributed by atoms with van der Waals surface area (Å²) in [6.45, 7) is 0. The zero-order valence-electron chi connectivity index (χ0n) is 27.9. The molecule has 0 atom stereocenters. The third-order valence-corrected chi connectivity index (χ3v) is 52.3. The first kappa shape index (κ1) is 38.4. The average Bonchev–Trinajstić information content (AvgIpc) is 3.85. The van der Waals surface area contributed by atoms with Crippen LogP contribution < -0.4 is 0 Å². The first-order valence-electron chi connectivity index (χ1n) is 15.6. The third kappa shape index (κ3) is 6.19. The Hall–Kier alpha value is -5.50. The number of rotatable bonds is 4. The number of fused-ring (bicyclic) bond motifs is 20. The number of aromatic nitrogens is 8. The van der Waals surface area contributed by atoms with Crippen LogP contribution in [0.5, 0.6) is 0 Å². The van der Waals surface area contributed by atoms with Crippen molar-refractivity contribution in [2.24, 2.45) is 0 Å². The van der Waals surface area contributed by atoms with Gasteiger partial charge in [0.05, 0.1) is 0 Å². The minimum atomic E-state index is -7.77. The molecule has 57 heavy (non-hydrogen) atoms. The van der Waals surface area contributed by atoms with E-state index in [9.17, 15) is 33.7 Å². The van der Waals surface area contributed by atoms with Crippen LogP contribution in [-0.4, -0.2) is 91.8 Å². The second-order valence-corrected chi connectivity index (χ2v) is 42.4. The number of H-pyrrole nitrogens is 2. The minimum absolute atomic E-state index is 0.597. The standard InChI is InChI=1S/C32H18N8.4HO3S.Rh/c1-2-10-18-17(9-1)25-33-26(18)38-28-21-13-5-6-14-22(21)30(35-28)40-32-24-16-8-7-15-23(24)31(36-32)39-29-20-12-4-3-11-19(20)27(34-29)37-25;4*1-4(2)3;/h1-16H,(H2,33,34,35,36,37,38,39,40);4*(H,1,2,3);. The van der Waals surface area contributed by atoms with E-state index in [2.05, 4.69) is 9.97 Å². The predicted molar refractivity (Wildman–Crippen MR) is 202 cm³/mol. The van der Waals surface area contributed by atoms with E-state index in [1.807, 2.05) is 97.1 Å². The molecule has 0 amide bonds. The molecule has 8 bridgehead atoms. The molecule has 2 aliphatic heterocycles. The van der Waals surface area contributed by atoms with Crippen LogP contribution in [0.2, 0.25) is 0 Å². The molecule has 3 aromatic heterocycles. The van der Waals surface area contributed by atoms with Gasteiger partial charge in [-0.1, -0.05) is 97.1 Å². The molecule has 0 saturated carbocycles. The van der Waals surface area contributed by atoms with Gasteiger partial charge in [0.25, 0.3) is 0 Å². The Labute approximate surface area is 319 Å². The minimum Gasteiger partial charge on any atom is -0.324 e. The fraction of sp³-hybridized carbons (Fsp3) is 0. The Bertz CT molecular complexity index is 3050. The van der Waals surface area contributed by atoms with Gasteiger partial charge < -0.3 is 9.97 Å². The molecular weight excluding hydrogens is 920 g/mol. The van der Waals surface area contributed by atoms with E-state index in [0.717, 1.165) is 43.8 Å². The van der Waals surface area contributed by atoms with Gasteiger partial charge in [-0.15, -0.1) is 0 Å². The summed E-state index contributed by atoms with van der Waals surface area (Å²) in [7, 11) is -34.0. The molecular formula is C32H22N8O12RhS4. The second-order valence-electron chi connectivity index (χ2n) is 11.7. The summed E-state index contributed by atoms with van der Waals surface area (Å²) in [5.41, 5.74) is 6.45. The molecule has 295 valence electrons. The first-order valence-corrected chi connectivity index (χ1v) is 28.8. The number of benzene rings is 4. The maximum atomic E-state index is 10.6. The van der Waals surface area contributed by atoms with Crippen LogP contribution in [0.3, 0.4) is 0 Å². The van der Waals surface area contributed by atoms with Crippen LogP contribution in [0, 0.1) is 0 Å². The van der Waals surface area contributed by atoms with E-state index >= 15 is 0 Å². The van der Waals surface area contributed by atoms with Gasteiger partial charge >= 0.3 is 94.2 Å². The summed E-state index contributed by atoms with van der Waals surface area (Å²) >= 11 is 0. The van der Waals surface area contributed by atoms with Crippen molar-refractivity contribution in [1.29, 1.82) is 0 Å². The van der Waals surface area contributed by atoms with Gasteiger partial charge in [0.2, 0.25) is 0 Å². The summed E-state index contributed by atoms with van der Waals surface area (Å²) in [5, 5.41) is 3.82. The topological polar surface area (TPSA) is 326 Å². The van der Waals surface area contributed by atoms with Crippen molar-refractivity contribution in [2.45, 2.75) is 0 Å². The molecule has 4 aromatic carbocycles. The van der Waals surface area contributed by atoms with Crippen molar-refractivity contribution in [3.8, 4) is 45.6 Å². The summed E-state index contributed by atoms with van der Waals surface area (Å²) in [6.07, 6.45) is 0. The van der Waals surface area contributed by atoms with Crippen molar-refractivity contribution in [2.75, 3.05) is 0 Å². The van der Waals surface area contributed by atoms with E-state index in [0.29, 0.717) is 45.9 Å². The van der Waals surface area contributed by atoms with Gasteiger partial charge in [-0.3, -0.25) is 0 Å². The van der Waals surface area contributed by atoms with Gasteiger partial charge in [0, 0.05) is 43.8 Å². The quantitative estimate of drug-likeness (QED) is 0.106. The third-order valence-electron chi connectivity index (χ3n) is 8.30. The number of nitrogens with zero attached hydrogens (tertiary/aromatic N) is 6. The molecule has 25 heteroatoms. The molecule has 20 nitrogen and oxygen atoms in total. The fourth-order valence-electron chi connectivity index (χ4n) is 6.12. The Balaban J connectivity index is 0.000000229. The van der Waals surface area contributed by atoms with Crippen LogP contribution in [0.4, 0.5) is 0 Å². The van der Waals surface area contributed by atoms with E-state index in [4.69, 9.17) is 48.1 Å². The van der Waals surface area contributed by atoms with Crippen LogP contribution >= 0.6 is 0 Å². The van der Waals surface area contributed by atoms with E-state index in [1.165, 1.54) is 0 Å². The van der Waals surface area contributed by atoms with Crippen molar-refractivity contribution >= 4 is 76.6 Å². The number of nitrogens with one attached hydrogen (secondary N) is 2. The van der Waals surface area contributed by atoms with Gasteiger partial charge in [-0.05, 0) is 0 Å². The molecule has 2 aliphatic rings. The normalized spacial score (nSPS) is 13.4. The molecule has 9 rings (SSSR count). The van der Waals surface area contributed by atoms with E-state index < -0.39 is 42.3 Å². The molecule has 0 fully saturated rings. The number of hydrogen-bond acceptors (Lipinski definition) is 14. The Kier molecular flexibility index (Phi) is 8.95. The van der Waals surface area contributed by atoms with Gasteiger partial charge in [-0.2, -0.15) is 0 Å². The zero-order valence-corrected chi connectivity index (χ0v) is 32.8. The predicted octanol–water partition coefficient (Wildman–Crippen LogP) is 4.22. The average molecular weight is 942 g/mol. The fourth-order valence-corrected chi connectivity index (χ4v) is 33.9. The van der Waals surface area contributed by atoms with E-state index in [1.54, 1.807) is 0 Å². The molecule has 0 aliphatic carbocycles. The second kappa shape index (κ2) is 13.3. The summed E-state index contributed by atoms with van der Waals surface area (Å²) < 4.78 is 118. The van der Waals surface area contributed by atoms with Gasteiger partial charge in [-0.25, -0.2) is 29.9 Å². The van der Waals surface area contributed by atoms with Crippen molar-refractivity contribution < 1.29 is 61.8 Å². The summed E-state index contributed by atoms with van der Waals surface area (Å²) in [5.74, 6) is 2.39. The smallest absolute Gasteiger partial charge is 0.164 e. The molecule has 5 heterocycles. The largest absolute Gasteiger partial charge is 0.324 e. The maximum Gasteiger partial charge on any atom is 0.164 e. The monoisotopic (exact) mass is 941 g/mol. The molecule has 6 N–H and O–H groups in total. The Morgan fingerprint density at radius 2 is 0.561 bits per heavy atom. The van der Waals surface area contributed by atoms with Crippen LogP contribution in [0.25, 0.3) is 89.7 Å². The summed E-state index contributed by atoms with van der Waals surface area (Å²) in [4.78, 5) is 36.8. The van der Waals surface area contributed by atoms with Crippen LogP contribution in [-0.2, 0) is 42.3 Å². The molecule has 0 saturated heterocycles. The molecule has 0 radical (unpaired) electrons. The number of hydrogen-bond donors (Lipinski definition) is 6. The van der Waals surface area contributed by atoms with Gasteiger partial charge in [0.15, 0.2) is 23.3 Å². The summed E-state index contributed by atoms with van der Waals surface area (Å²) in [6, 6.07) is 32.2.